The zero-order valence-corrected chi connectivity index (χ0v) is 13.8. The van der Waals surface area contributed by atoms with E-state index < -0.39 is 23.3 Å². The SMILES string of the molecule is CCOC(=O)c1ccccc1NC(=O)c1cc2ccc(F)cc2[nH]c1=O. The van der Waals surface area contributed by atoms with Crippen molar-refractivity contribution >= 4 is 28.5 Å². The number of H-pyrrole nitrogens is 1. The first-order valence-corrected chi connectivity index (χ1v) is 7.89. The Morgan fingerprint density at radius 1 is 1.12 bits per heavy atom. The number of aromatic nitrogens is 1. The lowest BCUT2D eigenvalue weighted by atomic mass is 10.1. The van der Waals surface area contributed by atoms with Crippen LogP contribution in [0, 0.1) is 5.82 Å². The summed E-state index contributed by atoms with van der Waals surface area (Å²) in [5, 5.41) is 3.06. The predicted molar refractivity (Wildman–Crippen MR) is 94.9 cm³/mol. The van der Waals surface area contributed by atoms with Crippen LogP contribution in [-0.4, -0.2) is 23.5 Å². The van der Waals surface area contributed by atoms with Crippen LogP contribution in [0.2, 0.25) is 0 Å². The third-order valence-corrected chi connectivity index (χ3v) is 3.72. The molecule has 1 aromatic heterocycles. The third kappa shape index (κ3) is 3.46. The number of hydrogen-bond acceptors (Lipinski definition) is 4. The van der Waals surface area contributed by atoms with Crippen molar-refractivity contribution in [3.05, 3.63) is 75.8 Å². The van der Waals surface area contributed by atoms with Crippen molar-refractivity contribution in [2.45, 2.75) is 6.92 Å². The van der Waals surface area contributed by atoms with Crippen LogP contribution in [0.3, 0.4) is 0 Å². The molecular weight excluding hydrogens is 339 g/mol. The number of hydrogen-bond donors (Lipinski definition) is 2. The second-order valence-electron chi connectivity index (χ2n) is 5.46. The molecule has 3 rings (SSSR count). The van der Waals surface area contributed by atoms with Gasteiger partial charge < -0.3 is 15.0 Å². The van der Waals surface area contributed by atoms with E-state index in [9.17, 15) is 18.8 Å². The van der Waals surface area contributed by atoms with Crippen LogP contribution in [0.15, 0.2) is 53.3 Å². The summed E-state index contributed by atoms with van der Waals surface area (Å²) >= 11 is 0. The molecule has 0 saturated carbocycles. The van der Waals surface area contributed by atoms with E-state index in [-0.39, 0.29) is 23.4 Å². The Bertz CT molecular complexity index is 1060. The van der Waals surface area contributed by atoms with Crippen LogP contribution in [0.5, 0.6) is 0 Å². The van der Waals surface area contributed by atoms with E-state index in [0.29, 0.717) is 10.9 Å². The molecule has 1 heterocycles. The molecule has 3 aromatic rings. The van der Waals surface area contributed by atoms with Gasteiger partial charge in [-0.2, -0.15) is 0 Å². The third-order valence-electron chi connectivity index (χ3n) is 3.72. The Morgan fingerprint density at radius 3 is 2.65 bits per heavy atom. The number of benzene rings is 2. The fourth-order valence-corrected chi connectivity index (χ4v) is 2.51. The van der Waals surface area contributed by atoms with Gasteiger partial charge >= 0.3 is 5.97 Å². The van der Waals surface area contributed by atoms with Gasteiger partial charge in [0.25, 0.3) is 11.5 Å². The number of ether oxygens (including phenoxy) is 1. The minimum atomic E-state index is -0.686. The van der Waals surface area contributed by atoms with Gasteiger partial charge in [0.15, 0.2) is 0 Å². The highest BCUT2D eigenvalue weighted by molar-refractivity contribution is 6.08. The molecule has 6 nitrogen and oxygen atoms in total. The Kier molecular flexibility index (Phi) is 4.79. The van der Waals surface area contributed by atoms with Gasteiger partial charge in [-0.05, 0) is 48.7 Å². The molecule has 0 spiro atoms. The van der Waals surface area contributed by atoms with E-state index in [1.54, 1.807) is 19.1 Å². The molecule has 0 aliphatic carbocycles. The number of para-hydroxylation sites is 1. The average Bonchev–Trinajstić information content (AvgIpc) is 2.61. The number of rotatable bonds is 4. The molecule has 0 fully saturated rings. The van der Waals surface area contributed by atoms with Crippen molar-refractivity contribution in [2.24, 2.45) is 0 Å². The second-order valence-corrected chi connectivity index (χ2v) is 5.46. The van der Waals surface area contributed by atoms with E-state index in [1.807, 2.05) is 0 Å². The first kappa shape index (κ1) is 17.3. The number of nitrogens with one attached hydrogen (secondary N) is 2. The number of esters is 1. The number of carbonyl (C=O) groups is 2. The molecule has 2 aromatic carbocycles. The van der Waals surface area contributed by atoms with Gasteiger partial charge in [0.05, 0.1) is 23.4 Å². The van der Waals surface area contributed by atoms with Crippen molar-refractivity contribution in [2.75, 3.05) is 11.9 Å². The maximum atomic E-state index is 13.3. The molecular formula is C19H15FN2O4. The first-order valence-electron chi connectivity index (χ1n) is 7.89. The number of anilines is 1. The molecule has 0 aliphatic rings. The maximum absolute atomic E-state index is 13.3. The summed E-state index contributed by atoms with van der Waals surface area (Å²) in [6, 6.07) is 11.6. The van der Waals surface area contributed by atoms with E-state index in [0.717, 1.165) is 0 Å². The van der Waals surface area contributed by atoms with E-state index >= 15 is 0 Å². The number of pyridine rings is 1. The minimum absolute atomic E-state index is 0.150. The molecule has 2 N–H and O–H groups in total. The van der Waals surface area contributed by atoms with Gasteiger partial charge in [0.1, 0.15) is 11.4 Å². The number of amides is 1. The fourth-order valence-electron chi connectivity index (χ4n) is 2.51. The number of halogens is 1. The standard InChI is InChI=1S/C19H15FN2O4/c1-2-26-19(25)13-5-3-4-6-15(13)21-17(23)14-9-11-7-8-12(20)10-16(11)22-18(14)24/h3-10H,2H2,1H3,(H,21,23)(H,22,24). The molecule has 1 amide bonds. The normalized spacial score (nSPS) is 10.5. The Labute approximate surface area is 147 Å². The molecule has 0 unspecified atom stereocenters. The number of carbonyl (C=O) groups excluding carboxylic acids is 2. The Balaban J connectivity index is 1.95. The van der Waals surface area contributed by atoms with Crippen molar-refractivity contribution in [1.82, 2.24) is 4.98 Å². The highest BCUT2D eigenvalue weighted by Gasteiger charge is 2.17. The summed E-state index contributed by atoms with van der Waals surface area (Å²) in [5.41, 5.74) is -0.105. The molecule has 0 aliphatic heterocycles. The largest absolute Gasteiger partial charge is 0.462 e. The van der Waals surface area contributed by atoms with Crippen molar-refractivity contribution in [3.8, 4) is 0 Å². The van der Waals surface area contributed by atoms with Gasteiger partial charge in [-0.3, -0.25) is 9.59 Å². The van der Waals surface area contributed by atoms with Gasteiger partial charge in [-0.25, -0.2) is 9.18 Å². The summed E-state index contributed by atoms with van der Waals surface area (Å²) in [6.45, 7) is 1.87. The lowest BCUT2D eigenvalue weighted by Gasteiger charge is -2.10. The quantitative estimate of drug-likeness (QED) is 0.705. The van der Waals surface area contributed by atoms with Gasteiger partial charge in [-0.15, -0.1) is 0 Å². The summed E-state index contributed by atoms with van der Waals surface area (Å²) in [7, 11) is 0. The molecule has 0 radical (unpaired) electrons. The van der Waals surface area contributed by atoms with Crippen molar-refractivity contribution in [3.63, 3.8) is 0 Å². The highest BCUT2D eigenvalue weighted by Crippen LogP contribution is 2.18. The molecule has 7 heteroatoms. The van der Waals surface area contributed by atoms with Crippen LogP contribution in [0.25, 0.3) is 10.9 Å². The van der Waals surface area contributed by atoms with Crippen LogP contribution in [0.1, 0.15) is 27.6 Å². The summed E-state index contributed by atoms with van der Waals surface area (Å²) in [6.07, 6.45) is 0. The first-order chi connectivity index (χ1) is 12.5. The molecule has 26 heavy (non-hydrogen) atoms. The maximum Gasteiger partial charge on any atom is 0.340 e. The van der Waals surface area contributed by atoms with Crippen molar-refractivity contribution < 1.29 is 18.7 Å². The number of aromatic amines is 1. The zero-order chi connectivity index (χ0) is 18.7. The number of fused-ring (bicyclic) bond motifs is 1. The topological polar surface area (TPSA) is 88.3 Å². The smallest absolute Gasteiger partial charge is 0.340 e. The fraction of sp³-hybridized carbons (Fsp3) is 0.105. The minimum Gasteiger partial charge on any atom is -0.462 e. The van der Waals surface area contributed by atoms with E-state index in [4.69, 9.17) is 4.74 Å². The van der Waals surface area contributed by atoms with Gasteiger partial charge in [-0.1, -0.05) is 12.1 Å². The second kappa shape index (κ2) is 7.18. The van der Waals surface area contributed by atoms with Crippen LogP contribution >= 0.6 is 0 Å². The lowest BCUT2D eigenvalue weighted by Crippen LogP contribution is -2.24. The molecule has 0 saturated heterocycles. The van der Waals surface area contributed by atoms with Crippen molar-refractivity contribution in [1.29, 1.82) is 0 Å². The summed E-state index contributed by atoms with van der Waals surface area (Å²) < 4.78 is 18.2. The van der Waals surface area contributed by atoms with Crippen LogP contribution in [0.4, 0.5) is 10.1 Å². The molecule has 0 bridgehead atoms. The summed E-state index contributed by atoms with van der Waals surface area (Å²) in [4.78, 5) is 39.1. The van der Waals surface area contributed by atoms with Gasteiger partial charge in [0.2, 0.25) is 0 Å². The highest BCUT2D eigenvalue weighted by atomic mass is 19.1. The Hall–Kier alpha value is -3.48. The lowest BCUT2D eigenvalue weighted by molar-refractivity contribution is 0.0527. The average molecular weight is 354 g/mol. The zero-order valence-electron chi connectivity index (χ0n) is 13.8. The molecule has 132 valence electrons. The monoisotopic (exact) mass is 354 g/mol. The van der Waals surface area contributed by atoms with E-state index in [2.05, 4.69) is 10.3 Å². The molecule has 0 atom stereocenters. The Morgan fingerprint density at radius 2 is 1.88 bits per heavy atom. The van der Waals surface area contributed by atoms with Gasteiger partial charge in [0, 0.05) is 0 Å². The van der Waals surface area contributed by atoms with Crippen LogP contribution < -0.4 is 10.9 Å². The summed E-state index contributed by atoms with van der Waals surface area (Å²) in [5.74, 6) is -1.76. The van der Waals surface area contributed by atoms with E-state index in [1.165, 1.54) is 36.4 Å². The van der Waals surface area contributed by atoms with Crippen LogP contribution in [-0.2, 0) is 4.74 Å². The predicted octanol–water partition coefficient (Wildman–Crippen LogP) is 3.10.